The van der Waals surface area contributed by atoms with Gasteiger partial charge in [0.1, 0.15) is 12.1 Å². The van der Waals surface area contributed by atoms with Crippen molar-refractivity contribution in [2.45, 2.75) is 73.1 Å². The SMILES string of the molecule is CC#C[C@@H]1CN(S(=O)(=O)c2ccccc2)CCN1c1ccc(C(C)(O)C(F)(F)F)cc1.CC#C[C@H]1CN(S(=O)(=O)c2ccccc2)CCN1c1ccc(C(C)(O)C(F)(F)F)cc1. The first kappa shape index (κ1) is 48.0. The predicted octanol–water partition coefficient (Wildman–Crippen LogP) is 6.72. The molecule has 4 aromatic carbocycles. The van der Waals surface area contributed by atoms with E-state index < -0.39 is 55.7 Å². The lowest BCUT2D eigenvalue weighted by molar-refractivity contribution is -0.259. The fourth-order valence-electron chi connectivity index (χ4n) is 6.92. The number of hydrogen-bond acceptors (Lipinski definition) is 8. The Hall–Kier alpha value is -5.08. The van der Waals surface area contributed by atoms with E-state index >= 15 is 0 Å². The molecule has 332 valence electrons. The number of halogens is 6. The van der Waals surface area contributed by atoms with Crippen molar-refractivity contribution in [3.63, 3.8) is 0 Å². The Bertz CT molecular complexity index is 2320. The van der Waals surface area contributed by atoms with Crippen LogP contribution in [-0.4, -0.2) is 99.4 Å². The van der Waals surface area contributed by atoms with Gasteiger partial charge in [-0.15, -0.1) is 11.8 Å². The highest BCUT2D eigenvalue weighted by Gasteiger charge is 2.52. The van der Waals surface area contributed by atoms with Gasteiger partial charge in [-0.05, 0) is 87.4 Å². The number of sulfonamides is 2. The number of aliphatic hydroxyl groups is 2. The van der Waals surface area contributed by atoms with Gasteiger partial charge in [0.15, 0.2) is 11.2 Å². The third-order valence-electron chi connectivity index (χ3n) is 10.7. The Balaban J connectivity index is 0.000000234. The van der Waals surface area contributed by atoms with Gasteiger partial charge in [-0.2, -0.15) is 35.0 Å². The van der Waals surface area contributed by atoms with Crippen molar-refractivity contribution in [1.82, 2.24) is 8.61 Å². The quantitative estimate of drug-likeness (QED) is 0.148. The molecule has 2 saturated heterocycles. The molecule has 0 radical (unpaired) electrons. The molecule has 0 aromatic heterocycles. The van der Waals surface area contributed by atoms with E-state index in [2.05, 4.69) is 23.7 Å². The Morgan fingerprint density at radius 1 is 0.516 bits per heavy atom. The van der Waals surface area contributed by atoms with Crippen LogP contribution in [0.25, 0.3) is 0 Å². The van der Waals surface area contributed by atoms with Crippen LogP contribution in [0, 0.1) is 23.7 Å². The van der Waals surface area contributed by atoms with Crippen molar-refractivity contribution < 1.29 is 53.4 Å². The van der Waals surface area contributed by atoms with Crippen molar-refractivity contribution >= 4 is 31.4 Å². The average molecular weight is 905 g/mol. The van der Waals surface area contributed by atoms with Crippen LogP contribution in [0.2, 0.25) is 0 Å². The summed E-state index contributed by atoms with van der Waals surface area (Å²) in [5, 5.41) is 19.7. The van der Waals surface area contributed by atoms with Crippen molar-refractivity contribution in [2.24, 2.45) is 0 Å². The molecule has 2 aliphatic rings. The fraction of sp³-hybridized carbons (Fsp3) is 0.364. The Kier molecular flexibility index (Phi) is 14.5. The third kappa shape index (κ3) is 10.2. The second kappa shape index (κ2) is 18.7. The normalized spacial score (nSPS) is 19.9. The highest BCUT2D eigenvalue weighted by molar-refractivity contribution is 7.89. The van der Waals surface area contributed by atoms with Gasteiger partial charge in [0.2, 0.25) is 20.0 Å². The maximum atomic E-state index is 13.1. The van der Waals surface area contributed by atoms with Gasteiger partial charge < -0.3 is 20.0 Å². The van der Waals surface area contributed by atoms with E-state index in [1.54, 1.807) is 50.2 Å². The van der Waals surface area contributed by atoms with E-state index in [-0.39, 0.29) is 47.1 Å². The summed E-state index contributed by atoms with van der Waals surface area (Å²) in [6, 6.07) is 26.2. The summed E-state index contributed by atoms with van der Waals surface area (Å²) < 4.78 is 133. The molecule has 4 atom stereocenters. The van der Waals surface area contributed by atoms with Gasteiger partial charge in [-0.25, -0.2) is 16.8 Å². The largest absolute Gasteiger partial charge is 0.421 e. The van der Waals surface area contributed by atoms with Crippen LogP contribution in [0.4, 0.5) is 37.7 Å². The molecule has 0 saturated carbocycles. The summed E-state index contributed by atoms with van der Waals surface area (Å²) >= 11 is 0. The second-order valence-electron chi connectivity index (χ2n) is 14.8. The highest BCUT2D eigenvalue weighted by atomic mass is 32.2. The van der Waals surface area contributed by atoms with Crippen LogP contribution < -0.4 is 9.80 Å². The first-order chi connectivity index (χ1) is 29.0. The minimum absolute atomic E-state index is 0.125. The molecule has 4 aromatic rings. The monoisotopic (exact) mass is 904 g/mol. The molecule has 2 heterocycles. The van der Waals surface area contributed by atoms with Gasteiger partial charge in [0.05, 0.1) is 9.79 Å². The summed E-state index contributed by atoms with van der Waals surface area (Å²) in [6.07, 6.45) is -9.61. The first-order valence-electron chi connectivity index (χ1n) is 19.2. The standard InChI is InChI=1S/2C22H23F3N2O3S/c2*1-3-7-19-16-26(31(29,30)20-8-5-4-6-9-20)14-15-27(19)18-12-10-17(11-13-18)21(2,28)22(23,24)25/h2*4-6,8-13,19,28H,14-16H2,1-2H3/t2*19-,21?/m10/s1. The molecule has 2 unspecified atom stereocenters. The number of piperazine rings is 2. The minimum Gasteiger partial charge on any atom is -0.376 e. The number of hydrogen-bond donors (Lipinski definition) is 2. The number of rotatable bonds is 8. The lowest BCUT2D eigenvalue weighted by Gasteiger charge is -2.40. The zero-order chi connectivity index (χ0) is 45.7. The van der Waals surface area contributed by atoms with Gasteiger partial charge in [-0.3, -0.25) is 0 Å². The number of alkyl halides is 6. The number of anilines is 2. The molecule has 6 rings (SSSR count). The Labute approximate surface area is 358 Å². The molecule has 2 N–H and O–H groups in total. The zero-order valence-electron chi connectivity index (χ0n) is 34.2. The van der Waals surface area contributed by atoms with Crippen LogP contribution in [0.15, 0.2) is 119 Å². The number of nitrogens with zero attached hydrogens (tertiary/aromatic N) is 4. The van der Waals surface area contributed by atoms with Gasteiger partial charge in [0, 0.05) is 50.6 Å². The second-order valence-corrected chi connectivity index (χ2v) is 18.7. The maximum absolute atomic E-state index is 13.1. The fourth-order valence-corrected chi connectivity index (χ4v) is 9.83. The molecule has 2 aliphatic heterocycles. The van der Waals surface area contributed by atoms with E-state index in [0.29, 0.717) is 38.3 Å². The average Bonchev–Trinajstić information content (AvgIpc) is 3.24. The maximum Gasteiger partial charge on any atom is 0.421 e. The lowest BCUT2D eigenvalue weighted by atomic mass is 9.95. The van der Waals surface area contributed by atoms with Gasteiger partial charge in [0.25, 0.3) is 0 Å². The summed E-state index contributed by atoms with van der Waals surface area (Å²) in [6.45, 7) is 6.02. The van der Waals surface area contributed by atoms with Crippen molar-refractivity contribution in [3.05, 3.63) is 120 Å². The highest BCUT2D eigenvalue weighted by Crippen LogP contribution is 2.40. The van der Waals surface area contributed by atoms with E-state index in [1.165, 1.54) is 81.4 Å². The van der Waals surface area contributed by atoms with Crippen molar-refractivity contribution in [2.75, 3.05) is 49.1 Å². The van der Waals surface area contributed by atoms with Crippen LogP contribution in [0.3, 0.4) is 0 Å². The Morgan fingerprint density at radius 3 is 1.10 bits per heavy atom. The predicted molar refractivity (Wildman–Crippen MR) is 224 cm³/mol. The van der Waals surface area contributed by atoms with Crippen molar-refractivity contribution in [3.8, 4) is 23.7 Å². The van der Waals surface area contributed by atoms with Crippen LogP contribution in [-0.2, 0) is 31.2 Å². The summed E-state index contributed by atoms with van der Waals surface area (Å²) in [5.74, 6) is 11.6. The topological polar surface area (TPSA) is 122 Å². The molecule has 10 nitrogen and oxygen atoms in total. The molecule has 0 amide bonds. The first-order valence-corrected chi connectivity index (χ1v) is 22.1. The van der Waals surface area contributed by atoms with Gasteiger partial charge >= 0.3 is 12.4 Å². The summed E-state index contributed by atoms with van der Waals surface area (Å²) in [7, 11) is -7.36. The van der Waals surface area contributed by atoms with Gasteiger partial charge in [-0.1, -0.05) is 72.5 Å². The molecular weight excluding hydrogens is 859 g/mol. The minimum atomic E-state index is -4.80. The van der Waals surface area contributed by atoms with Crippen LogP contribution in [0.1, 0.15) is 38.8 Å². The molecule has 2 fully saturated rings. The Morgan fingerprint density at radius 2 is 0.823 bits per heavy atom. The van der Waals surface area contributed by atoms with Crippen LogP contribution >= 0.6 is 0 Å². The summed E-state index contributed by atoms with van der Waals surface area (Å²) in [4.78, 5) is 4.12. The lowest BCUT2D eigenvalue weighted by Crippen LogP contribution is -2.54. The third-order valence-corrected chi connectivity index (χ3v) is 14.5. The van der Waals surface area contributed by atoms with Crippen LogP contribution in [0.5, 0.6) is 0 Å². The molecule has 0 aliphatic carbocycles. The molecule has 0 spiro atoms. The molecule has 18 heteroatoms. The van der Waals surface area contributed by atoms with E-state index in [9.17, 15) is 53.4 Å². The van der Waals surface area contributed by atoms with Crippen molar-refractivity contribution in [1.29, 1.82) is 0 Å². The van der Waals surface area contributed by atoms with E-state index in [1.807, 2.05) is 9.80 Å². The van der Waals surface area contributed by atoms with E-state index in [4.69, 9.17) is 0 Å². The number of benzene rings is 4. The summed E-state index contributed by atoms with van der Waals surface area (Å²) in [5.41, 5.74) is -5.26. The smallest absolute Gasteiger partial charge is 0.376 e. The zero-order valence-corrected chi connectivity index (χ0v) is 35.8. The molecule has 0 bridgehead atoms. The van der Waals surface area contributed by atoms with E-state index in [0.717, 1.165) is 0 Å². The molecule has 62 heavy (non-hydrogen) atoms. The molecular formula is C44H46F6N4O6S2.